The maximum Gasteiger partial charge on any atom is 0.274 e. The van der Waals surface area contributed by atoms with Gasteiger partial charge in [0.1, 0.15) is 17.6 Å². The number of imide groups is 1. The molecule has 4 heterocycles. The van der Waals surface area contributed by atoms with Crippen molar-refractivity contribution in [3.63, 3.8) is 0 Å². The Labute approximate surface area is 418 Å². The van der Waals surface area contributed by atoms with Crippen LogP contribution < -0.4 is 45.8 Å². The standard InChI is InChI=1S/C55H59FN10O6/c1-58-43-20-19-41(50(56)49(43)51(57)55(72)60-37-9-5-8-35(28-37)53(70)59-2)40-18-17-39(66-25-7-12-48(66)69)29-42(40)34-13-15-38(16-14-34)65-30-36(31-65)33-23-26-64(27-24-33)45-11-6-10-44(52(45)62(3)32-67)63(4)46-21-22-47(68)61-54(46)71/h5-6,8-11,13-20,28-29,32-33,36,46,57-58H,7,12,21-27,30-31H2,1-4H3,(H,59,70)(H,60,72)(H,61,68,71). The van der Waals surface area contributed by atoms with Gasteiger partial charge in [-0.05, 0) is 121 Å². The van der Waals surface area contributed by atoms with Crippen molar-refractivity contribution in [1.29, 1.82) is 5.41 Å². The van der Waals surface area contributed by atoms with Gasteiger partial charge in [-0.15, -0.1) is 0 Å². The number of likely N-dealkylation sites (N-methyl/N-ethyl adjacent to an activating group) is 1. The average molecular weight is 975 g/mol. The number of nitrogens with zero attached hydrogens (tertiary/aromatic N) is 5. The molecule has 4 saturated heterocycles. The number of benzene rings is 5. The molecule has 16 nitrogen and oxygen atoms in total. The molecule has 72 heavy (non-hydrogen) atoms. The van der Waals surface area contributed by atoms with Crippen molar-refractivity contribution in [1.82, 2.24) is 10.6 Å². The molecule has 0 bridgehead atoms. The monoisotopic (exact) mass is 974 g/mol. The van der Waals surface area contributed by atoms with Crippen LogP contribution in [0.2, 0.25) is 0 Å². The summed E-state index contributed by atoms with van der Waals surface area (Å²) in [6.45, 7) is 4.01. The Kier molecular flexibility index (Phi) is 14.1. The van der Waals surface area contributed by atoms with Crippen molar-refractivity contribution in [2.75, 3.05) is 96.0 Å². The second kappa shape index (κ2) is 20.7. The van der Waals surface area contributed by atoms with Gasteiger partial charge in [0.25, 0.3) is 11.8 Å². The molecule has 4 fully saturated rings. The van der Waals surface area contributed by atoms with E-state index in [2.05, 4.69) is 43.2 Å². The first-order valence-electron chi connectivity index (χ1n) is 24.4. The maximum absolute atomic E-state index is 17.1. The van der Waals surface area contributed by atoms with Crippen molar-refractivity contribution in [2.45, 2.75) is 44.6 Å². The van der Waals surface area contributed by atoms with Gasteiger partial charge < -0.3 is 40.4 Å². The van der Waals surface area contributed by atoms with Gasteiger partial charge in [-0.3, -0.25) is 39.5 Å². The van der Waals surface area contributed by atoms with E-state index in [0.29, 0.717) is 53.6 Å². The third-order valence-corrected chi connectivity index (χ3v) is 14.7. The molecule has 4 aliphatic rings. The van der Waals surface area contributed by atoms with E-state index in [0.717, 1.165) is 80.2 Å². The predicted molar refractivity (Wildman–Crippen MR) is 280 cm³/mol. The largest absolute Gasteiger partial charge is 0.387 e. The number of piperidine rings is 2. The molecule has 9 rings (SSSR count). The Morgan fingerprint density at radius 2 is 1.51 bits per heavy atom. The highest BCUT2D eigenvalue weighted by Gasteiger charge is 2.37. The zero-order valence-electron chi connectivity index (χ0n) is 40.9. The Bertz CT molecular complexity index is 2970. The van der Waals surface area contributed by atoms with Crippen LogP contribution in [-0.4, -0.2) is 109 Å². The predicted octanol–water partition coefficient (Wildman–Crippen LogP) is 6.88. The molecule has 4 aliphatic heterocycles. The normalized spacial score (nSPS) is 17.3. The number of rotatable bonds is 15. The molecule has 5 N–H and O–H groups in total. The van der Waals surface area contributed by atoms with Crippen molar-refractivity contribution in [2.24, 2.45) is 11.8 Å². The Hall–Kier alpha value is -8.08. The highest BCUT2D eigenvalue weighted by Crippen LogP contribution is 2.44. The van der Waals surface area contributed by atoms with Crippen LogP contribution >= 0.6 is 0 Å². The molecule has 0 aliphatic carbocycles. The maximum atomic E-state index is 17.1. The van der Waals surface area contributed by atoms with Crippen molar-refractivity contribution < 1.29 is 33.2 Å². The Morgan fingerprint density at radius 3 is 2.19 bits per heavy atom. The number of halogens is 1. The summed E-state index contributed by atoms with van der Waals surface area (Å²) >= 11 is 0. The molecule has 17 heteroatoms. The number of carbonyl (C=O) groups is 6. The van der Waals surface area contributed by atoms with Gasteiger partial charge in [0.05, 0.1) is 22.6 Å². The highest BCUT2D eigenvalue weighted by atomic mass is 19.1. The summed E-state index contributed by atoms with van der Waals surface area (Å²) in [4.78, 5) is 85.5. The van der Waals surface area contributed by atoms with Crippen LogP contribution in [-0.2, 0) is 24.0 Å². The summed E-state index contributed by atoms with van der Waals surface area (Å²) in [7, 11) is 6.65. The Morgan fingerprint density at radius 1 is 0.792 bits per heavy atom. The van der Waals surface area contributed by atoms with Crippen LogP contribution in [0.4, 0.5) is 44.2 Å². The number of hydrogen-bond acceptors (Lipinski definition) is 11. The molecule has 0 saturated carbocycles. The van der Waals surface area contributed by atoms with Crippen molar-refractivity contribution in [3.8, 4) is 22.3 Å². The van der Waals surface area contributed by atoms with E-state index >= 15 is 4.39 Å². The van der Waals surface area contributed by atoms with E-state index in [9.17, 15) is 28.8 Å². The van der Waals surface area contributed by atoms with E-state index in [4.69, 9.17) is 5.41 Å². The van der Waals surface area contributed by atoms with Crippen molar-refractivity contribution in [3.05, 3.63) is 114 Å². The van der Waals surface area contributed by atoms with Gasteiger partial charge in [0, 0.05) is 108 Å². The lowest BCUT2D eigenvalue weighted by molar-refractivity contribution is -0.134. The third kappa shape index (κ3) is 9.57. The van der Waals surface area contributed by atoms with E-state index in [-0.39, 0.29) is 52.6 Å². The molecule has 0 radical (unpaired) electrons. The summed E-state index contributed by atoms with van der Waals surface area (Å²) in [6, 6.07) is 28.6. The minimum Gasteiger partial charge on any atom is -0.387 e. The number of nitrogens with one attached hydrogen (secondary N) is 5. The lowest BCUT2D eigenvalue weighted by Crippen LogP contribution is -2.52. The third-order valence-electron chi connectivity index (χ3n) is 14.7. The average Bonchev–Trinajstić information content (AvgIpc) is 3.82. The number of hydrogen-bond donors (Lipinski definition) is 5. The van der Waals surface area contributed by atoms with E-state index in [1.807, 2.05) is 54.4 Å². The number of carbonyl (C=O) groups excluding carboxylic acids is 6. The number of amides is 6. The molecule has 5 aromatic rings. The first kappa shape index (κ1) is 48.9. The second-order valence-electron chi connectivity index (χ2n) is 18.9. The van der Waals surface area contributed by atoms with Crippen molar-refractivity contribution >= 4 is 81.5 Å². The van der Waals surface area contributed by atoms with Crippen LogP contribution in [0.25, 0.3) is 22.3 Å². The van der Waals surface area contributed by atoms with Crippen LogP contribution in [0, 0.1) is 23.1 Å². The quantitative estimate of drug-likeness (QED) is 0.0420. The van der Waals surface area contributed by atoms with Crippen LogP contribution in [0.1, 0.15) is 54.4 Å². The number of para-hydroxylation sites is 1. The van der Waals surface area contributed by atoms with Gasteiger partial charge in [-0.25, -0.2) is 4.39 Å². The summed E-state index contributed by atoms with van der Waals surface area (Å²) in [5.74, 6) is -1.54. The summed E-state index contributed by atoms with van der Waals surface area (Å²) in [5, 5.41) is 19.5. The molecule has 6 amide bonds. The minimum atomic E-state index is -0.856. The molecular weight excluding hydrogens is 916 g/mol. The molecule has 0 spiro atoms. The first-order chi connectivity index (χ1) is 34.8. The molecule has 0 aromatic heterocycles. The highest BCUT2D eigenvalue weighted by molar-refractivity contribution is 6.49. The first-order valence-corrected chi connectivity index (χ1v) is 24.4. The topological polar surface area (TPSA) is 191 Å². The second-order valence-corrected chi connectivity index (χ2v) is 18.9. The lowest BCUT2D eigenvalue weighted by Gasteiger charge is -2.48. The fourth-order valence-corrected chi connectivity index (χ4v) is 10.7. The van der Waals surface area contributed by atoms with Crippen LogP contribution in [0.3, 0.4) is 0 Å². The van der Waals surface area contributed by atoms with E-state index in [1.165, 1.54) is 13.1 Å². The minimum absolute atomic E-state index is 0.0218. The zero-order chi connectivity index (χ0) is 50.8. The molecule has 372 valence electrons. The van der Waals surface area contributed by atoms with E-state index in [1.54, 1.807) is 60.3 Å². The fourth-order valence-electron chi connectivity index (χ4n) is 10.7. The van der Waals surface area contributed by atoms with Gasteiger partial charge in [0.15, 0.2) is 0 Å². The smallest absolute Gasteiger partial charge is 0.274 e. The van der Waals surface area contributed by atoms with E-state index < -0.39 is 23.5 Å². The van der Waals surface area contributed by atoms with Crippen LogP contribution in [0.5, 0.6) is 0 Å². The van der Waals surface area contributed by atoms with Gasteiger partial charge in [0.2, 0.25) is 24.1 Å². The summed E-state index contributed by atoms with van der Waals surface area (Å²) < 4.78 is 17.1. The lowest BCUT2D eigenvalue weighted by atomic mass is 9.79. The zero-order valence-corrected chi connectivity index (χ0v) is 40.9. The SMILES string of the molecule is CNC(=O)c1cccc(NC(=O)C(=N)c2c(NC)ccc(-c3ccc(N4CCCC4=O)cc3-c3ccc(N4CC(C5CCN(c6cccc(N(C)C7CCC(=O)NC7=O)c6N(C)C=O)CC5)C4)cc3)c2F)c1. The number of anilines is 7. The van der Waals surface area contributed by atoms with Gasteiger partial charge in [-0.1, -0.05) is 30.3 Å². The molecule has 1 atom stereocenters. The van der Waals surface area contributed by atoms with Gasteiger partial charge in [-0.2, -0.15) is 0 Å². The summed E-state index contributed by atoms with van der Waals surface area (Å²) in [5.41, 5.74) is 6.38. The summed E-state index contributed by atoms with van der Waals surface area (Å²) in [6.07, 6.45) is 4.60. The fraction of sp³-hybridized carbons (Fsp3) is 0.327. The Balaban J connectivity index is 0.910. The molecular formula is C55H59FN10O6. The molecule has 5 aromatic carbocycles. The van der Waals surface area contributed by atoms with Crippen LogP contribution in [0.15, 0.2) is 97.1 Å². The van der Waals surface area contributed by atoms with Gasteiger partial charge >= 0.3 is 0 Å². The molecule has 1 unspecified atom stereocenters.